The smallest absolute Gasteiger partial charge is 0.410 e. The molecule has 0 aromatic carbocycles. The van der Waals surface area contributed by atoms with Crippen LogP contribution >= 0.6 is 0 Å². The number of carbonyl (C=O) groups excluding carboxylic acids is 1. The van der Waals surface area contributed by atoms with Crippen molar-refractivity contribution in [1.82, 2.24) is 10.2 Å². The van der Waals surface area contributed by atoms with Crippen LogP contribution in [0.1, 0.15) is 66.7 Å². The molecule has 2 rings (SSSR count). The van der Waals surface area contributed by atoms with E-state index in [4.69, 9.17) is 4.74 Å². The Kier molecular flexibility index (Phi) is 5.76. The second-order valence-corrected chi connectivity index (χ2v) is 8.38. The first-order valence-corrected chi connectivity index (χ1v) is 8.99. The second kappa shape index (κ2) is 7.20. The van der Waals surface area contributed by atoms with Crippen LogP contribution in [-0.2, 0) is 4.74 Å². The highest BCUT2D eigenvalue weighted by molar-refractivity contribution is 5.69. The molecule has 1 N–H and O–H groups in total. The first kappa shape index (κ1) is 17.6. The van der Waals surface area contributed by atoms with E-state index >= 15 is 0 Å². The van der Waals surface area contributed by atoms with Gasteiger partial charge >= 0.3 is 6.09 Å². The van der Waals surface area contributed by atoms with Gasteiger partial charge in [-0.2, -0.15) is 0 Å². The van der Waals surface area contributed by atoms with Gasteiger partial charge in [0, 0.05) is 25.2 Å². The summed E-state index contributed by atoms with van der Waals surface area (Å²) in [6.07, 6.45) is 5.93. The van der Waals surface area contributed by atoms with E-state index in [1.165, 1.54) is 19.3 Å². The molecule has 0 spiro atoms. The lowest BCUT2D eigenvalue weighted by molar-refractivity contribution is 0.0222. The van der Waals surface area contributed by atoms with Crippen LogP contribution in [0.5, 0.6) is 0 Å². The van der Waals surface area contributed by atoms with Crippen molar-refractivity contribution in [3.05, 3.63) is 0 Å². The minimum absolute atomic E-state index is 0.151. The van der Waals surface area contributed by atoms with E-state index in [-0.39, 0.29) is 6.09 Å². The Morgan fingerprint density at radius 3 is 2.59 bits per heavy atom. The molecular formula is C18H34N2O2. The Balaban J connectivity index is 1.82. The molecule has 0 radical (unpaired) electrons. The maximum absolute atomic E-state index is 12.3. The van der Waals surface area contributed by atoms with Crippen molar-refractivity contribution in [3.8, 4) is 0 Å². The highest BCUT2D eigenvalue weighted by Crippen LogP contribution is 2.29. The predicted molar refractivity (Wildman–Crippen MR) is 89.9 cm³/mol. The molecule has 4 nitrogen and oxygen atoms in total. The van der Waals surface area contributed by atoms with E-state index < -0.39 is 5.60 Å². The number of hydrogen-bond donors (Lipinski definition) is 1. The fourth-order valence-electron chi connectivity index (χ4n) is 3.86. The lowest BCUT2D eigenvalue weighted by Gasteiger charge is -2.35. The Labute approximate surface area is 136 Å². The van der Waals surface area contributed by atoms with Crippen molar-refractivity contribution >= 4 is 6.09 Å². The number of amides is 1. The Bertz CT molecular complexity index is 378. The topological polar surface area (TPSA) is 41.6 Å². The van der Waals surface area contributed by atoms with Crippen LogP contribution in [-0.4, -0.2) is 41.8 Å². The number of likely N-dealkylation sites (tertiary alicyclic amines) is 1. The van der Waals surface area contributed by atoms with Crippen LogP contribution < -0.4 is 5.32 Å². The second-order valence-electron chi connectivity index (χ2n) is 8.38. The molecule has 4 unspecified atom stereocenters. The third-order valence-electron chi connectivity index (χ3n) is 5.05. The first-order chi connectivity index (χ1) is 10.3. The van der Waals surface area contributed by atoms with Crippen molar-refractivity contribution in [2.24, 2.45) is 11.8 Å². The molecule has 1 aliphatic heterocycles. The summed E-state index contributed by atoms with van der Waals surface area (Å²) >= 11 is 0. The normalized spacial score (nSPS) is 33.0. The number of carbonyl (C=O) groups is 1. The van der Waals surface area contributed by atoms with Crippen LogP contribution in [0, 0.1) is 11.8 Å². The highest BCUT2D eigenvalue weighted by atomic mass is 16.6. The predicted octanol–water partition coefficient (Wildman–Crippen LogP) is 3.80. The van der Waals surface area contributed by atoms with Crippen molar-refractivity contribution in [3.63, 3.8) is 0 Å². The molecule has 2 aliphatic rings. The Hall–Kier alpha value is -0.770. The lowest BCUT2D eigenvalue weighted by Crippen LogP contribution is -2.48. The molecule has 0 aromatic heterocycles. The Morgan fingerprint density at radius 1 is 1.23 bits per heavy atom. The number of nitrogens with zero attached hydrogens (tertiary/aromatic N) is 1. The van der Waals surface area contributed by atoms with Gasteiger partial charge in [0.15, 0.2) is 0 Å². The van der Waals surface area contributed by atoms with E-state index in [1.807, 2.05) is 25.7 Å². The molecule has 0 aromatic rings. The summed E-state index contributed by atoms with van der Waals surface area (Å²) in [5.41, 5.74) is -0.411. The van der Waals surface area contributed by atoms with Gasteiger partial charge in [0.2, 0.25) is 0 Å². The summed E-state index contributed by atoms with van der Waals surface area (Å²) in [6.45, 7) is 12.2. The van der Waals surface area contributed by atoms with Crippen molar-refractivity contribution < 1.29 is 9.53 Å². The molecule has 1 saturated carbocycles. The highest BCUT2D eigenvalue weighted by Gasteiger charge is 2.33. The average molecular weight is 310 g/mol. The van der Waals surface area contributed by atoms with Gasteiger partial charge in [-0.15, -0.1) is 0 Å². The van der Waals surface area contributed by atoms with E-state index in [0.29, 0.717) is 12.1 Å². The zero-order valence-electron chi connectivity index (χ0n) is 15.0. The SMILES string of the molecule is CC1CCC(NCC2CCCN2C(=O)OC(C)(C)C)C(C)C1. The fraction of sp³-hybridized carbons (Fsp3) is 0.944. The van der Waals surface area contributed by atoms with Crippen LogP contribution in [0.2, 0.25) is 0 Å². The van der Waals surface area contributed by atoms with Gasteiger partial charge in [0.25, 0.3) is 0 Å². The average Bonchev–Trinajstić information content (AvgIpc) is 2.84. The van der Waals surface area contributed by atoms with Gasteiger partial charge in [-0.25, -0.2) is 4.79 Å². The van der Waals surface area contributed by atoms with Gasteiger partial charge in [-0.1, -0.05) is 13.8 Å². The lowest BCUT2D eigenvalue weighted by atomic mass is 9.80. The summed E-state index contributed by atoms with van der Waals surface area (Å²) in [7, 11) is 0. The van der Waals surface area contributed by atoms with Gasteiger partial charge in [-0.3, -0.25) is 0 Å². The fourth-order valence-corrected chi connectivity index (χ4v) is 3.86. The standard InChI is InChI=1S/C18H34N2O2/c1-13-8-9-16(14(2)11-13)19-12-15-7-6-10-20(15)17(21)22-18(3,4)5/h13-16,19H,6-12H2,1-5H3. The number of nitrogens with one attached hydrogen (secondary N) is 1. The molecular weight excluding hydrogens is 276 g/mol. The monoisotopic (exact) mass is 310 g/mol. The number of ether oxygens (including phenoxy) is 1. The molecule has 1 heterocycles. The minimum Gasteiger partial charge on any atom is -0.444 e. The van der Waals surface area contributed by atoms with Crippen LogP contribution in [0.4, 0.5) is 4.79 Å². The van der Waals surface area contributed by atoms with Crippen molar-refractivity contribution in [1.29, 1.82) is 0 Å². The molecule has 1 amide bonds. The van der Waals surface area contributed by atoms with E-state index in [2.05, 4.69) is 19.2 Å². The number of rotatable bonds is 3. The zero-order valence-corrected chi connectivity index (χ0v) is 15.0. The Morgan fingerprint density at radius 2 is 1.95 bits per heavy atom. The summed E-state index contributed by atoms with van der Waals surface area (Å²) in [4.78, 5) is 14.2. The third-order valence-corrected chi connectivity index (χ3v) is 5.05. The number of hydrogen-bond acceptors (Lipinski definition) is 3. The summed E-state index contributed by atoms with van der Waals surface area (Å²) in [5.74, 6) is 1.60. The molecule has 0 bridgehead atoms. The molecule has 1 aliphatic carbocycles. The summed E-state index contributed by atoms with van der Waals surface area (Å²) < 4.78 is 5.54. The maximum atomic E-state index is 12.3. The molecule has 4 atom stereocenters. The first-order valence-electron chi connectivity index (χ1n) is 8.99. The molecule has 128 valence electrons. The van der Waals surface area contributed by atoms with E-state index in [1.54, 1.807) is 0 Å². The molecule has 4 heteroatoms. The summed E-state index contributed by atoms with van der Waals surface area (Å²) in [5, 5.41) is 3.73. The van der Waals surface area contributed by atoms with Crippen molar-refractivity contribution in [2.75, 3.05) is 13.1 Å². The van der Waals surface area contributed by atoms with E-state index in [9.17, 15) is 4.79 Å². The molecule has 1 saturated heterocycles. The van der Waals surface area contributed by atoms with E-state index in [0.717, 1.165) is 37.8 Å². The van der Waals surface area contributed by atoms with Crippen LogP contribution in [0.3, 0.4) is 0 Å². The van der Waals surface area contributed by atoms with Gasteiger partial charge in [-0.05, 0) is 64.7 Å². The van der Waals surface area contributed by atoms with Crippen LogP contribution in [0.15, 0.2) is 0 Å². The van der Waals surface area contributed by atoms with Gasteiger partial charge in [0.05, 0.1) is 0 Å². The molecule has 2 fully saturated rings. The molecule has 22 heavy (non-hydrogen) atoms. The summed E-state index contributed by atoms with van der Waals surface area (Å²) in [6, 6.07) is 0.902. The maximum Gasteiger partial charge on any atom is 0.410 e. The minimum atomic E-state index is -0.411. The largest absolute Gasteiger partial charge is 0.444 e. The van der Waals surface area contributed by atoms with Crippen LogP contribution in [0.25, 0.3) is 0 Å². The third kappa shape index (κ3) is 4.87. The van der Waals surface area contributed by atoms with Gasteiger partial charge < -0.3 is 15.0 Å². The quantitative estimate of drug-likeness (QED) is 0.862. The van der Waals surface area contributed by atoms with Crippen molar-refractivity contribution in [2.45, 2.75) is 84.4 Å². The zero-order chi connectivity index (χ0) is 16.3. The van der Waals surface area contributed by atoms with Gasteiger partial charge in [0.1, 0.15) is 5.60 Å².